The van der Waals surface area contributed by atoms with Crippen molar-refractivity contribution in [1.29, 1.82) is 0 Å². The summed E-state index contributed by atoms with van der Waals surface area (Å²) in [5.41, 5.74) is 0. The molecule has 128 valence electrons. The molecule has 0 aliphatic carbocycles. The number of hydrogen-bond donors (Lipinski definition) is 2. The number of rotatable bonds is 9. The van der Waals surface area contributed by atoms with Crippen molar-refractivity contribution in [3.05, 3.63) is 11.1 Å². The first-order valence-electron chi connectivity index (χ1n) is 7.80. The average molecular weight is 358 g/mol. The van der Waals surface area contributed by atoms with Gasteiger partial charge < -0.3 is 15.1 Å². The number of aliphatic hydroxyl groups excluding tert-OH is 1. The molecule has 23 heavy (non-hydrogen) atoms. The molecule has 1 aliphatic heterocycles. The van der Waals surface area contributed by atoms with Gasteiger partial charge in [0.1, 0.15) is 4.88 Å². The Balaban J connectivity index is 1.79. The maximum Gasteiger partial charge on any atom is 0.347 e. The van der Waals surface area contributed by atoms with Gasteiger partial charge in [0.2, 0.25) is 5.91 Å². The Bertz CT molecular complexity index is 549. The van der Waals surface area contributed by atoms with Crippen LogP contribution in [0.3, 0.4) is 0 Å². The first kappa shape index (κ1) is 18.2. The molecule has 0 spiro atoms. The minimum Gasteiger partial charge on any atom is -0.477 e. The third-order valence-electron chi connectivity index (χ3n) is 4.01. The number of thioether (sulfide) groups is 1. The minimum atomic E-state index is -0.960. The Kier molecular flexibility index (Phi) is 6.86. The lowest BCUT2D eigenvalue weighted by Crippen LogP contribution is -2.35. The van der Waals surface area contributed by atoms with E-state index in [-0.39, 0.29) is 22.9 Å². The Morgan fingerprint density at radius 2 is 2.39 bits per heavy atom. The zero-order chi connectivity index (χ0) is 16.8. The number of amides is 1. The van der Waals surface area contributed by atoms with Crippen molar-refractivity contribution in [2.45, 2.75) is 55.5 Å². The fraction of sp³-hybridized carbons (Fsp3) is 0.667. The number of aliphatic hydroxyl groups is 1. The van der Waals surface area contributed by atoms with Crippen LogP contribution in [-0.4, -0.2) is 56.4 Å². The van der Waals surface area contributed by atoms with E-state index < -0.39 is 5.97 Å². The lowest BCUT2D eigenvalue weighted by atomic mass is 10.0. The lowest BCUT2D eigenvalue weighted by molar-refractivity contribution is -0.128. The second kappa shape index (κ2) is 8.65. The standard InChI is InChI=1S/C15H22N2O4S2/c1-2-11(18)5-3-10-4-6-13(19)17(10)7-8-22-15-16-9-12(23-15)14(20)21/h9-11,18H,2-8H2,1H3,(H,20,21)/t10-,11-/m0/s1. The van der Waals surface area contributed by atoms with Crippen LogP contribution >= 0.6 is 23.1 Å². The monoisotopic (exact) mass is 358 g/mol. The van der Waals surface area contributed by atoms with Gasteiger partial charge in [0.15, 0.2) is 4.34 Å². The molecule has 1 amide bonds. The smallest absolute Gasteiger partial charge is 0.347 e. The molecular weight excluding hydrogens is 336 g/mol. The Labute approximate surface area is 143 Å². The summed E-state index contributed by atoms with van der Waals surface area (Å²) < 4.78 is 0.715. The first-order valence-corrected chi connectivity index (χ1v) is 9.61. The molecule has 2 rings (SSSR count). The van der Waals surface area contributed by atoms with Gasteiger partial charge in [-0.1, -0.05) is 18.7 Å². The fourth-order valence-corrected chi connectivity index (χ4v) is 4.48. The lowest BCUT2D eigenvalue weighted by Gasteiger charge is -2.25. The topological polar surface area (TPSA) is 90.7 Å². The summed E-state index contributed by atoms with van der Waals surface area (Å²) in [5, 5.41) is 18.6. The molecule has 6 nitrogen and oxygen atoms in total. The molecule has 0 saturated carbocycles. The van der Waals surface area contributed by atoms with E-state index in [0.29, 0.717) is 23.1 Å². The van der Waals surface area contributed by atoms with Gasteiger partial charge in [-0.25, -0.2) is 9.78 Å². The molecule has 2 heterocycles. The van der Waals surface area contributed by atoms with E-state index in [1.54, 1.807) is 0 Å². The van der Waals surface area contributed by atoms with Crippen molar-refractivity contribution in [2.75, 3.05) is 12.3 Å². The van der Waals surface area contributed by atoms with Crippen LogP contribution < -0.4 is 0 Å². The van der Waals surface area contributed by atoms with Crippen LogP contribution in [-0.2, 0) is 4.79 Å². The largest absolute Gasteiger partial charge is 0.477 e. The van der Waals surface area contributed by atoms with Crippen LogP contribution in [0.5, 0.6) is 0 Å². The summed E-state index contributed by atoms with van der Waals surface area (Å²) in [6, 6.07) is 0.218. The van der Waals surface area contributed by atoms with Gasteiger partial charge in [0.25, 0.3) is 0 Å². The number of carbonyl (C=O) groups excluding carboxylic acids is 1. The number of likely N-dealkylation sites (tertiary alicyclic amines) is 1. The number of carboxylic acids is 1. The molecule has 1 fully saturated rings. The van der Waals surface area contributed by atoms with Crippen LogP contribution in [0, 0.1) is 0 Å². The summed E-state index contributed by atoms with van der Waals surface area (Å²) in [7, 11) is 0. The van der Waals surface area contributed by atoms with Gasteiger partial charge in [-0.15, -0.1) is 11.3 Å². The van der Waals surface area contributed by atoms with Gasteiger partial charge >= 0.3 is 5.97 Å². The number of nitrogens with zero attached hydrogens (tertiary/aromatic N) is 2. The van der Waals surface area contributed by atoms with Crippen LogP contribution in [0.1, 0.15) is 48.7 Å². The first-order chi connectivity index (χ1) is 11.0. The molecule has 8 heteroatoms. The number of carboxylic acid groups (broad SMARTS) is 1. The number of carbonyl (C=O) groups is 2. The highest BCUT2D eigenvalue weighted by Crippen LogP contribution is 2.27. The molecular formula is C15H22N2O4S2. The van der Waals surface area contributed by atoms with Crippen molar-refractivity contribution in [2.24, 2.45) is 0 Å². The van der Waals surface area contributed by atoms with Crippen molar-refractivity contribution in [3.8, 4) is 0 Å². The molecule has 1 aliphatic rings. The Morgan fingerprint density at radius 3 is 3.04 bits per heavy atom. The molecule has 1 aromatic heterocycles. The van der Waals surface area contributed by atoms with Crippen LogP contribution in [0.15, 0.2) is 10.5 Å². The summed E-state index contributed by atoms with van der Waals surface area (Å²) in [4.78, 5) is 29.0. The highest BCUT2D eigenvalue weighted by atomic mass is 32.2. The number of aromatic nitrogens is 1. The molecule has 0 unspecified atom stereocenters. The molecule has 0 bridgehead atoms. The summed E-state index contributed by atoms with van der Waals surface area (Å²) >= 11 is 2.64. The number of hydrogen-bond acceptors (Lipinski definition) is 6. The van der Waals surface area contributed by atoms with Gasteiger partial charge in [0, 0.05) is 24.8 Å². The van der Waals surface area contributed by atoms with Crippen molar-refractivity contribution >= 4 is 35.0 Å². The van der Waals surface area contributed by atoms with Gasteiger partial charge in [-0.05, 0) is 25.7 Å². The normalized spacial score (nSPS) is 19.3. The van der Waals surface area contributed by atoms with Crippen LogP contribution in [0.4, 0.5) is 0 Å². The highest BCUT2D eigenvalue weighted by molar-refractivity contribution is 8.01. The zero-order valence-corrected chi connectivity index (χ0v) is 14.7. The van der Waals surface area contributed by atoms with Crippen molar-refractivity contribution < 1.29 is 19.8 Å². The molecule has 0 aromatic carbocycles. The van der Waals surface area contributed by atoms with Gasteiger partial charge in [-0.2, -0.15) is 0 Å². The molecule has 1 saturated heterocycles. The van der Waals surface area contributed by atoms with Crippen LogP contribution in [0.25, 0.3) is 0 Å². The van der Waals surface area contributed by atoms with E-state index in [1.807, 2.05) is 11.8 Å². The van der Waals surface area contributed by atoms with E-state index in [9.17, 15) is 14.7 Å². The van der Waals surface area contributed by atoms with E-state index in [0.717, 1.165) is 37.0 Å². The summed E-state index contributed by atoms with van der Waals surface area (Å²) in [6.45, 7) is 2.59. The zero-order valence-electron chi connectivity index (χ0n) is 13.1. The highest BCUT2D eigenvalue weighted by Gasteiger charge is 2.30. The third-order valence-corrected chi connectivity index (χ3v) is 6.13. The number of thiazole rings is 1. The van der Waals surface area contributed by atoms with Gasteiger partial charge in [-0.3, -0.25) is 4.79 Å². The minimum absolute atomic E-state index is 0.173. The van der Waals surface area contributed by atoms with E-state index in [2.05, 4.69) is 4.98 Å². The summed E-state index contributed by atoms with van der Waals surface area (Å²) in [5.74, 6) is -0.0870. The fourth-order valence-electron chi connectivity index (χ4n) is 2.64. The van der Waals surface area contributed by atoms with Crippen LogP contribution in [0.2, 0.25) is 0 Å². The maximum absolute atomic E-state index is 12.0. The van der Waals surface area contributed by atoms with Crippen molar-refractivity contribution in [3.63, 3.8) is 0 Å². The molecule has 1 aromatic rings. The predicted octanol–water partition coefficient (Wildman–Crippen LogP) is 2.48. The van der Waals surface area contributed by atoms with E-state index in [4.69, 9.17) is 5.11 Å². The van der Waals surface area contributed by atoms with E-state index in [1.165, 1.54) is 18.0 Å². The maximum atomic E-state index is 12.0. The number of aromatic carboxylic acids is 1. The second-order valence-electron chi connectivity index (χ2n) is 5.56. The average Bonchev–Trinajstić information content (AvgIpc) is 3.13. The Morgan fingerprint density at radius 1 is 1.61 bits per heavy atom. The SMILES string of the molecule is CC[C@H](O)CC[C@H]1CCC(=O)N1CCSc1ncc(C(=O)O)s1. The molecule has 0 radical (unpaired) electrons. The van der Waals surface area contributed by atoms with Crippen molar-refractivity contribution in [1.82, 2.24) is 9.88 Å². The van der Waals surface area contributed by atoms with Gasteiger partial charge in [0.05, 0.1) is 12.3 Å². The molecule has 2 atom stereocenters. The second-order valence-corrected chi connectivity index (χ2v) is 7.94. The summed E-state index contributed by atoms with van der Waals surface area (Å²) in [6.07, 6.45) is 4.83. The third kappa shape index (κ3) is 5.19. The molecule has 2 N–H and O–H groups in total. The predicted molar refractivity (Wildman–Crippen MR) is 90.1 cm³/mol. The Hall–Kier alpha value is -1.12. The van der Waals surface area contributed by atoms with E-state index >= 15 is 0 Å². The quantitative estimate of drug-likeness (QED) is 0.659.